The van der Waals surface area contributed by atoms with Gasteiger partial charge in [0.1, 0.15) is 5.69 Å². The van der Waals surface area contributed by atoms with Crippen LogP contribution in [0.25, 0.3) is 0 Å². The first kappa shape index (κ1) is 13.8. The maximum Gasteiger partial charge on any atom is 0.189 e. The van der Waals surface area contributed by atoms with E-state index in [-0.39, 0.29) is 5.84 Å². The molecule has 5 nitrogen and oxygen atoms in total. The van der Waals surface area contributed by atoms with Crippen LogP contribution in [-0.4, -0.2) is 34.0 Å². The molecule has 2 atom stereocenters. The first-order valence-electron chi connectivity index (χ1n) is 6.76. The molecule has 5 heteroatoms. The van der Waals surface area contributed by atoms with Gasteiger partial charge in [-0.2, -0.15) is 0 Å². The molecule has 1 aliphatic heterocycles. The van der Waals surface area contributed by atoms with Crippen LogP contribution in [0.1, 0.15) is 31.5 Å². The lowest BCUT2D eigenvalue weighted by atomic mass is 9.88. The topological polar surface area (TPSA) is 74.7 Å². The predicted octanol–water partition coefficient (Wildman–Crippen LogP) is 1.65. The van der Waals surface area contributed by atoms with E-state index in [9.17, 15) is 0 Å². The van der Waals surface area contributed by atoms with E-state index in [1.165, 1.54) is 6.42 Å². The molecule has 0 aliphatic carbocycles. The van der Waals surface area contributed by atoms with E-state index < -0.39 is 0 Å². The summed E-state index contributed by atoms with van der Waals surface area (Å²) in [5.41, 5.74) is 7.26. The van der Waals surface area contributed by atoms with Crippen LogP contribution in [0.3, 0.4) is 0 Å². The van der Waals surface area contributed by atoms with E-state index >= 15 is 0 Å². The van der Waals surface area contributed by atoms with Gasteiger partial charge < -0.3 is 10.9 Å². The van der Waals surface area contributed by atoms with E-state index in [0.717, 1.165) is 31.1 Å². The Hall–Kier alpha value is -1.62. The van der Waals surface area contributed by atoms with Crippen molar-refractivity contribution < 1.29 is 5.21 Å². The number of rotatable bonds is 3. The number of nitrogens with zero attached hydrogens (tertiary/aromatic N) is 3. The fourth-order valence-electron chi connectivity index (χ4n) is 2.58. The number of likely N-dealkylation sites (tertiary alicyclic amines) is 1. The van der Waals surface area contributed by atoms with Gasteiger partial charge in [-0.05, 0) is 36.4 Å². The summed E-state index contributed by atoms with van der Waals surface area (Å²) in [6.45, 7) is 7.59. The zero-order chi connectivity index (χ0) is 13.8. The number of hydrogen-bond donors (Lipinski definition) is 2. The molecule has 1 fully saturated rings. The van der Waals surface area contributed by atoms with Gasteiger partial charge in [-0.25, -0.2) is 0 Å². The Kier molecular flexibility index (Phi) is 4.37. The van der Waals surface area contributed by atoms with Crippen LogP contribution < -0.4 is 5.73 Å². The molecule has 0 radical (unpaired) electrons. The van der Waals surface area contributed by atoms with Crippen LogP contribution in [0, 0.1) is 11.8 Å². The third-order valence-electron chi connectivity index (χ3n) is 4.05. The summed E-state index contributed by atoms with van der Waals surface area (Å²) in [5.74, 6) is 1.57. The highest BCUT2D eigenvalue weighted by Gasteiger charge is 2.23. The number of pyridine rings is 1. The lowest BCUT2D eigenvalue weighted by molar-refractivity contribution is 0.132. The molecular weight excluding hydrogens is 240 g/mol. The second kappa shape index (κ2) is 6.02. The molecule has 0 bridgehead atoms. The predicted molar refractivity (Wildman–Crippen MR) is 75.0 cm³/mol. The Balaban J connectivity index is 2.11. The molecule has 0 spiro atoms. The molecule has 3 N–H and O–H groups in total. The van der Waals surface area contributed by atoms with Crippen molar-refractivity contribution in [3.05, 3.63) is 29.6 Å². The Morgan fingerprint density at radius 3 is 3.00 bits per heavy atom. The van der Waals surface area contributed by atoms with E-state index in [0.29, 0.717) is 11.6 Å². The minimum atomic E-state index is 0.0778. The van der Waals surface area contributed by atoms with Gasteiger partial charge in [-0.1, -0.05) is 25.1 Å². The zero-order valence-electron chi connectivity index (χ0n) is 11.6. The third kappa shape index (κ3) is 3.23. The summed E-state index contributed by atoms with van der Waals surface area (Å²) in [7, 11) is 0. The van der Waals surface area contributed by atoms with Gasteiger partial charge in [-0.15, -0.1) is 0 Å². The van der Waals surface area contributed by atoms with Gasteiger partial charge >= 0.3 is 0 Å². The molecule has 0 amide bonds. The number of oxime groups is 1. The molecule has 1 aliphatic rings. The highest BCUT2D eigenvalue weighted by atomic mass is 16.4. The van der Waals surface area contributed by atoms with E-state index in [1.54, 1.807) is 6.20 Å². The zero-order valence-corrected chi connectivity index (χ0v) is 11.6. The van der Waals surface area contributed by atoms with Crippen molar-refractivity contribution in [2.45, 2.75) is 26.8 Å². The monoisotopic (exact) mass is 262 g/mol. The molecule has 2 rings (SSSR count). The standard InChI is InChI=1S/C14H22N4O/c1-10-5-7-18(8-11(10)2)9-12-4-3-6-16-13(12)14(15)17-19/h3-4,6,10-11,19H,5,7-9H2,1-2H3,(H2,15,17). The van der Waals surface area contributed by atoms with Gasteiger partial charge in [0, 0.05) is 19.3 Å². The van der Waals surface area contributed by atoms with Gasteiger partial charge in [0.25, 0.3) is 0 Å². The first-order chi connectivity index (χ1) is 9.11. The van der Waals surface area contributed by atoms with Gasteiger partial charge in [0.15, 0.2) is 5.84 Å². The molecular formula is C14H22N4O. The Bertz CT molecular complexity index is 461. The second-order valence-electron chi connectivity index (χ2n) is 5.47. The quantitative estimate of drug-likeness (QED) is 0.376. The summed E-state index contributed by atoms with van der Waals surface area (Å²) in [4.78, 5) is 6.62. The van der Waals surface area contributed by atoms with Crippen molar-refractivity contribution in [1.82, 2.24) is 9.88 Å². The molecule has 2 heterocycles. The lowest BCUT2D eigenvalue weighted by Crippen LogP contribution is -2.38. The molecule has 1 aromatic rings. The Morgan fingerprint density at radius 1 is 1.53 bits per heavy atom. The average molecular weight is 262 g/mol. The molecule has 1 saturated heterocycles. The van der Waals surface area contributed by atoms with Crippen LogP contribution in [0.5, 0.6) is 0 Å². The Morgan fingerprint density at radius 2 is 2.32 bits per heavy atom. The third-order valence-corrected chi connectivity index (χ3v) is 4.05. The van der Waals surface area contributed by atoms with E-state index in [1.807, 2.05) is 12.1 Å². The van der Waals surface area contributed by atoms with Crippen LogP contribution in [0.4, 0.5) is 0 Å². The Labute approximate surface area is 114 Å². The molecule has 0 saturated carbocycles. The van der Waals surface area contributed by atoms with E-state index in [2.05, 4.69) is 28.9 Å². The van der Waals surface area contributed by atoms with Crippen molar-refractivity contribution in [2.24, 2.45) is 22.7 Å². The number of hydrogen-bond acceptors (Lipinski definition) is 4. The van der Waals surface area contributed by atoms with E-state index in [4.69, 9.17) is 10.9 Å². The molecule has 2 unspecified atom stereocenters. The van der Waals surface area contributed by atoms with Gasteiger partial charge in [-0.3, -0.25) is 9.88 Å². The van der Waals surface area contributed by atoms with Crippen LogP contribution in [-0.2, 0) is 6.54 Å². The number of aromatic nitrogens is 1. The SMILES string of the molecule is CC1CCN(Cc2cccnc2/C(N)=N/O)CC1C. The van der Waals surface area contributed by atoms with Crippen molar-refractivity contribution in [2.75, 3.05) is 13.1 Å². The molecule has 19 heavy (non-hydrogen) atoms. The van der Waals surface area contributed by atoms with Crippen LogP contribution >= 0.6 is 0 Å². The average Bonchev–Trinajstić information content (AvgIpc) is 2.43. The number of nitrogens with two attached hydrogens (primary N) is 1. The first-order valence-corrected chi connectivity index (χ1v) is 6.76. The fraction of sp³-hybridized carbons (Fsp3) is 0.571. The van der Waals surface area contributed by atoms with Crippen molar-refractivity contribution in [1.29, 1.82) is 0 Å². The maximum atomic E-state index is 8.80. The minimum absolute atomic E-state index is 0.0778. The summed E-state index contributed by atoms with van der Waals surface area (Å²) in [5, 5.41) is 11.9. The largest absolute Gasteiger partial charge is 0.409 e. The molecule has 1 aromatic heterocycles. The summed E-state index contributed by atoms with van der Waals surface area (Å²) >= 11 is 0. The minimum Gasteiger partial charge on any atom is -0.409 e. The fourth-order valence-corrected chi connectivity index (χ4v) is 2.58. The normalized spacial score (nSPS) is 25.5. The summed E-state index contributed by atoms with van der Waals surface area (Å²) < 4.78 is 0. The number of piperidine rings is 1. The van der Waals surface area contributed by atoms with Gasteiger partial charge in [0.05, 0.1) is 0 Å². The van der Waals surface area contributed by atoms with Crippen molar-refractivity contribution >= 4 is 5.84 Å². The summed E-state index contributed by atoms with van der Waals surface area (Å²) in [6.07, 6.45) is 2.89. The smallest absolute Gasteiger partial charge is 0.189 e. The second-order valence-corrected chi connectivity index (χ2v) is 5.47. The lowest BCUT2D eigenvalue weighted by Gasteiger charge is -2.35. The van der Waals surface area contributed by atoms with Crippen LogP contribution in [0.2, 0.25) is 0 Å². The highest BCUT2D eigenvalue weighted by Crippen LogP contribution is 2.24. The summed E-state index contributed by atoms with van der Waals surface area (Å²) in [6, 6.07) is 3.88. The van der Waals surface area contributed by atoms with Crippen molar-refractivity contribution in [3.63, 3.8) is 0 Å². The van der Waals surface area contributed by atoms with Crippen molar-refractivity contribution in [3.8, 4) is 0 Å². The highest BCUT2D eigenvalue weighted by molar-refractivity contribution is 5.96. The molecule has 104 valence electrons. The maximum absolute atomic E-state index is 8.80. The van der Waals surface area contributed by atoms with Crippen LogP contribution in [0.15, 0.2) is 23.5 Å². The molecule has 0 aromatic carbocycles. The number of amidine groups is 1. The van der Waals surface area contributed by atoms with Gasteiger partial charge in [0.2, 0.25) is 0 Å².